The summed E-state index contributed by atoms with van der Waals surface area (Å²) in [5, 5.41) is 3.19. The van der Waals surface area contributed by atoms with Gasteiger partial charge < -0.3 is 10.1 Å². The van der Waals surface area contributed by atoms with E-state index in [1.54, 1.807) is 7.11 Å². The van der Waals surface area contributed by atoms with Gasteiger partial charge in [0.1, 0.15) is 5.75 Å². The highest BCUT2D eigenvalue weighted by molar-refractivity contribution is 5.82. The zero-order valence-electron chi connectivity index (χ0n) is 11.0. The smallest absolute Gasteiger partial charge is 0.150 e. The Morgan fingerprint density at radius 3 is 2.29 bits per heavy atom. The molecule has 17 heavy (non-hydrogen) atoms. The molecule has 0 aliphatic heterocycles. The molecule has 1 N–H and O–H groups in total. The molecule has 0 aliphatic rings. The van der Waals surface area contributed by atoms with Crippen LogP contribution >= 0.6 is 0 Å². The van der Waals surface area contributed by atoms with Gasteiger partial charge in [-0.05, 0) is 38.5 Å². The minimum absolute atomic E-state index is 0.0183. The zero-order valence-corrected chi connectivity index (χ0v) is 11.0. The van der Waals surface area contributed by atoms with Gasteiger partial charge in [0.15, 0.2) is 5.78 Å². The Morgan fingerprint density at radius 2 is 1.82 bits per heavy atom. The van der Waals surface area contributed by atoms with Gasteiger partial charge in [0, 0.05) is 12.0 Å². The van der Waals surface area contributed by atoms with E-state index in [1.165, 1.54) is 0 Å². The second-order valence-corrected chi connectivity index (χ2v) is 5.17. The number of carbonyl (C=O) groups is 1. The lowest BCUT2D eigenvalue weighted by molar-refractivity contribution is -0.117. The van der Waals surface area contributed by atoms with Crippen molar-refractivity contribution in [3.05, 3.63) is 29.8 Å². The van der Waals surface area contributed by atoms with E-state index in [1.807, 2.05) is 45.0 Å². The first-order valence-electron chi connectivity index (χ1n) is 5.80. The molecule has 0 aromatic heterocycles. The third kappa shape index (κ3) is 5.50. The molecular formula is C14H21NO2. The lowest BCUT2D eigenvalue weighted by Gasteiger charge is -2.19. The van der Waals surface area contributed by atoms with Crippen LogP contribution < -0.4 is 10.1 Å². The highest BCUT2D eigenvalue weighted by atomic mass is 16.5. The van der Waals surface area contributed by atoms with Crippen LogP contribution in [0, 0.1) is 0 Å². The van der Waals surface area contributed by atoms with Crippen molar-refractivity contribution < 1.29 is 9.53 Å². The van der Waals surface area contributed by atoms with Crippen molar-refractivity contribution in [3.8, 4) is 5.75 Å². The van der Waals surface area contributed by atoms with Crippen LogP contribution in [0.15, 0.2) is 24.3 Å². The lowest BCUT2D eigenvalue weighted by Crippen LogP contribution is -2.39. The fraction of sp³-hybridized carbons (Fsp3) is 0.500. The highest BCUT2D eigenvalue weighted by Crippen LogP contribution is 2.11. The molecule has 1 rings (SSSR count). The molecule has 0 aliphatic carbocycles. The highest BCUT2D eigenvalue weighted by Gasteiger charge is 2.11. The maximum atomic E-state index is 11.7. The lowest BCUT2D eigenvalue weighted by atomic mass is 10.1. The minimum atomic E-state index is -0.0183. The quantitative estimate of drug-likeness (QED) is 0.850. The molecule has 3 nitrogen and oxygen atoms in total. The fourth-order valence-corrected chi connectivity index (χ4v) is 1.40. The second-order valence-electron chi connectivity index (χ2n) is 5.17. The van der Waals surface area contributed by atoms with Gasteiger partial charge in [-0.2, -0.15) is 0 Å². The van der Waals surface area contributed by atoms with Gasteiger partial charge in [0.05, 0.1) is 13.7 Å². The summed E-state index contributed by atoms with van der Waals surface area (Å²) in [5.74, 6) is 1.01. The van der Waals surface area contributed by atoms with Crippen LogP contribution in [0.5, 0.6) is 5.75 Å². The summed E-state index contributed by atoms with van der Waals surface area (Å²) in [6.07, 6.45) is 0.465. The molecule has 0 fully saturated rings. The molecule has 94 valence electrons. The number of ketones is 1. The number of nitrogens with one attached hydrogen (secondary N) is 1. The van der Waals surface area contributed by atoms with E-state index in [2.05, 4.69) is 5.32 Å². The Bertz CT molecular complexity index is 363. The molecule has 3 heteroatoms. The Kier molecular flexibility index (Phi) is 4.70. The van der Waals surface area contributed by atoms with Crippen molar-refractivity contribution in [2.75, 3.05) is 13.7 Å². The zero-order chi connectivity index (χ0) is 12.9. The number of hydrogen-bond donors (Lipinski definition) is 1. The van der Waals surface area contributed by atoms with E-state index in [9.17, 15) is 4.79 Å². The Labute approximate surface area is 103 Å². The molecule has 0 amide bonds. The molecule has 1 aromatic carbocycles. The van der Waals surface area contributed by atoms with Gasteiger partial charge in [0.2, 0.25) is 0 Å². The fourth-order valence-electron chi connectivity index (χ4n) is 1.40. The monoisotopic (exact) mass is 235 g/mol. The largest absolute Gasteiger partial charge is 0.497 e. The molecule has 0 heterocycles. The molecule has 1 aromatic rings. The third-order valence-electron chi connectivity index (χ3n) is 2.38. The standard InChI is InChI=1S/C14H21NO2/c1-14(2,3)15-10-12(16)9-11-5-7-13(17-4)8-6-11/h5-8,15H,9-10H2,1-4H3. The van der Waals surface area contributed by atoms with Crippen LogP contribution in [0.3, 0.4) is 0 Å². The van der Waals surface area contributed by atoms with E-state index in [0.717, 1.165) is 11.3 Å². The molecule has 0 radical (unpaired) electrons. The number of benzene rings is 1. The topological polar surface area (TPSA) is 38.3 Å². The number of Topliss-reactive ketones (excluding diaryl/α,β-unsaturated/α-hetero) is 1. The minimum Gasteiger partial charge on any atom is -0.497 e. The number of methoxy groups -OCH3 is 1. The number of hydrogen-bond acceptors (Lipinski definition) is 3. The van der Waals surface area contributed by atoms with Crippen LogP contribution in [-0.2, 0) is 11.2 Å². The number of carbonyl (C=O) groups excluding carboxylic acids is 1. The van der Waals surface area contributed by atoms with Crippen molar-refractivity contribution in [3.63, 3.8) is 0 Å². The molecule has 0 saturated heterocycles. The summed E-state index contributed by atoms with van der Waals surface area (Å²) in [6.45, 7) is 6.56. The summed E-state index contributed by atoms with van der Waals surface area (Å²) < 4.78 is 5.07. The molecule has 0 bridgehead atoms. The summed E-state index contributed by atoms with van der Waals surface area (Å²) in [5.41, 5.74) is 1.00. The van der Waals surface area contributed by atoms with Crippen LogP contribution in [0.1, 0.15) is 26.3 Å². The van der Waals surface area contributed by atoms with Crippen LogP contribution in [0.4, 0.5) is 0 Å². The summed E-state index contributed by atoms with van der Waals surface area (Å²) >= 11 is 0. The van der Waals surface area contributed by atoms with Gasteiger partial charge in [-0.15, -0.1) is 0 Å². The van der Waals surface area contributed by atoms with Crippen molar-refractivity contribution in [2.45, 2.75) is 32.7 Å². The maximum absolute atomic E-state index is 11.7. The third-order valence-corrected chi connectivity index (χ3v) is 2.38. The Morgan fingerprint density at radius 1 is 1.24 bits per heavy atom. The van der Waals surface area contributed by atoms with E-state index < -0.39 is 0 Å². The Hall–Kier alpha value is -1.35. The van der Waals surface area contributed by atoms with Gasteiger partial charge in [0.25, 0.3) is 0 Å². The molecule has 0 saturated carbocycles. The van der Waals surface area contributed by atoms with E-state index in [4.69, 9.17) is 4.74 Å². The molecule has 0 spiro atoms. The molecule has 0 atom stereocenters. The van der Waals surface area contributed by atoms with E-state index >= 15 is 0 Å². The van der Waals surface area contributed by atoms with Crippen LogP contribution in [0.2, 0.25) is 0 Å². The summed E-state index contributed by atoms with van der Waals surface area (Å²) in [4.78, 5) is 11.7. The average Bonchev–Trinajstić information content (AvgIpc) is 2.27. The van der Waals surface area contributed by atoms with Gasteiger partial charge in [-0.25, -0.2) is 0 Å². The van der Waals surface area contributed by atoms with E-state index in [0.29, 0.717) is 13.0 Å². The molecule has 0 unspecified atom stereocenters. The molecular weight excluding hydrogens is 214 g/mol. The van der Waals surface area contributed by atoms with Gasteiger partial charge in [-0.3, -0.25) is 4.79 Å². The first-order valence-corrected chi connectivity index (χ1v) is 5.80. The predicted molar refractivity (Wildman–Crippen MR) is 69.5 cm³/mol. The summed E-state index contributed by atoms with van der Waals surface area (Å²) in [7, 11) is 1.63. The SMILES string of the molecule is COc1ccc(CC(=O)CNC(C)(C)C)cc1. The maximum Gasteiger partial charge on any atom is 0.150 e. The van der Waals surface area contributed by atoms with Crippen LogP contribution in [-0.4, -0.2) is 25.0 Å². The average molecular weight is 235 g/mol. The van der Waals surface area contributed by atoms with Crippen molar-refractivity contribution in [1.82, 2.24) is 5.32 Å². The van der Waals surface area contributed by atoms with Crippen molar-refractivity contribution in [1.29, 1.82) is 0 Å². The first-order chi connectivity index (χ1) is 7.90. The van der Waals surface area contributed by atoms with Crippen LogP contribution in [0.25, 0.3) is 0 Å². The van der Waals surface area contributed by atoms with Gasteiger partial charge >= 0.3 is 0 Å². The van der Waals surface area contributed by atoms with Crippen molar-refractivity contribution in [2.24, 2.45) is 0 Å². The first kappa shape index (κ1) is 13.7. The van der Waals surface area contributed by atoms with Crippen molar-refractivity contribution >= 4 is 5.78 Å². The normalized spacial score (nSPS) is 11.3. The number of ether oxygens (including phenoxy) is 1. The Balaban J connectivity index is 2.45. The summed E-state index contributed by atoms with van der Waals surface area (Å²) in [6, 6.07) is 7.60. The predicted octanol–water partition coefficient (Wildman–Crippen LogP) is 2.19. The number of rotatable bonds is 5. The van der Waals surface area contributed by atoms with E-state index in [-0.39, 0.29) is 11.3 Å². The second kappa shape index (κ2) is 5.82. The van der Waals surface area contributed by atoms with Gasteiger partial charge in [-0.1, -0.05) is 12.1 Å².